The van der Waals surface area contributed by atoms with Gasteiger partial charge >= 0.3 is 0 Å². The monoisotopic (exact) mass is 276 g/mol. The molecule has 0 saturated carbocycles. The highest BCUT2D eigenvalue weighted by Gasteiger charge is 2.31. The molecule has 106 valence electrons. The van der Waals surface area contributed by atoms with E-state index in [1.807, 2.05) is 0 Å². The average Bonchev–Trinajstić information content (AvgIpc) is 2.95. The third-order valence-corrected chi connectivity index (χ3v) is 3.25. The van der Waals surface area contributed by atoms with E-state index in [2.05, 4.69) is 21.2 Å². The quantitative estimate of drug-likeness (QED) is 0.641. The van der Waals surface area contributed by atoms with Crippen molar-refractivity contribution >= 4 is 17.6 Å². The number of pyridine rings is 1. The first kappa shape index (κ1) is 14.1. The molecule has 1 aliphatic heterocycles. The number of Topliss-reactive ketones (excluding diaryl/α,β-unsaturated/α-hetero) is 1. The van der Waals surface area contributed by atoms with Gasteiger partial charge in [0.1, 0.15) is 5.78 Å². The highest BCUT2D eigenvalue weighted by atomic mass is 16.2. The molecule has 0 bridgehead atoms. The number of carbonyl (C=O) groups is 3. The summed E-state index contributed by atoms with van der Waals surface area (Å²) in [5, 5.41) is 2.95. The molecule has 1 aromatic heterocycles. The zero-order valence-corrected chi connectivity index (χ0v) is 11.1. The molecule has 2 unspecified atom stereocenters. The zero-order chi connectivity index (χ0) is 14.5. The maximum Gasteiger partial charge on any atom is 0.271 e. The summed E-state index contributed by atoms with van der Waals surface area (Å²) in [4.78, 5) is 38.6. The number of hydrogen-bond acceptors (Lipinski definition) is 5. The molecule has 7 nitrogen and oxygen atoms in total. The molecular formula is C13H16N4O3. The van der Waals surface area contributed by atoms with Crippen LogP contribution in [-0.2, 0) is 9.59 Å². The van der Waals surface area contributed by atoms with Crippen LogP contribution in [-0.4, -0.2) is 35.2 Å². The maximum atomic E-state index is 11.8. The Morgan fingerprint density at radius 3 is 2.75 bits per heavy atom. The van der Waals surface area contributed by atoms with E-state index in [0.29, 0.717) is 18.5 Å². The Kier molecular flexibility index (Phi) is 4.41. The second-order valence-corrected chi connectivity index (χ2v) is 4.69. The zero-order valence-electron chi connectivity index (χ0n) is 11.1. The number of aromatic nitrogens is 1. The molecule has 0 aromatic carbocycles. The lowest BCUT2D eigenvalue weighted by molar-refractivity contribution is -0.123. The second kappa shape index (κ2) is 6.25. The Balaban J connectivity index is 1.81. The van der Waals surface area contributed by atoms with Crippen LogP contribution < -0.4 is 16.2 Å². The van der Waals surface area contributed by atoms with Crippen LogP contribution in [0.1, 0.15) is 23.7 Å². The minimum Gasteiger partial charge on any atom is -0.305 e. The van der Waals surface area contributed by atoms with E-state index >= 15 is 0 Å². The van der Waals surface area contributed by atoms with Crippen molar-refractivity contribution in [2.75, 3.05) is 6.54 Å². The van der Waals surface area contributed by atoms with Gasteiger partial charge in [0.05, 0.1) is 11.6 Å². The van der Waals surface area contributed by atoms with E-state index in [4.69, 9.17) is 0 Å². The molecule has 0 spiro atoms. The summed E-state index contributed by atoms with van der Waals surface area (Å²) in [6.07, 6.45) is 3.41. The Morgan fingerprint density at radius 2 is 2.15 bits per heavy atom. The number of hydrazine groups is 1. The first-order valence-electron chi connectivity index (χ1n) is 6.32. The van der Waals surface area contributed by atoms with Gasteiger partial charge in [0.15, 0.2) is 0 Å². The Morgan fingerprint density at radius 1 is 1.35 bits per heavy atom. The Hall–Kier alpha value is -2.28. The fourth-order valence-corrected chi connectivity index (χ4v) is 2.02. The van der Waals surface area contributed by atoms with Gasteiger partial charge in [-0.15, -0.1) is 0 Å². The summed E-state index contributed by atoms with van der Waals surface area (Å²) >= 11 is 0. The lowest BCUT2D eigenvalue weighted by Gasteiger charge is -2.12. The molecule has 3 N–H and O–H groups in total. The van der Waals surface area contributed by atoms with Crippen LogP contribution in [0, 0.1) is 5.92 Å². The van der Waals surface area contributed by atoms with Gasteiger partial charge in [-0.05, 0) is 25.5 Å². The van der Waals surface area contributed by atoms with Crippen molar-refractivity contribution in [2.45, 2.75) is 19.4 Å². The number of nitrogens with one attached hydrogen (secondary N) is 3. The lowest BCUT2D eigenvalue weighted by Crippen LogP contribution is -2.49. The number of ketones is 1. The van der Waals surface area contributed by atoms with Gasteiger partial charge in [-0.2, -0.15) is 0 Å². The standard InChI is InChI=1S/C13H16N4O3/c1-8(18)10-5-11(15-7-10)13(20)17-16-12(19)9-3-2-4-14-6-9/h2-4,6,10-11,15H,5,7H2,1H3,(H,16,19)(H,17,20). The van der Waals surface area contributed by atoms with Gasteiger partial charge in [0.2, 0.25) is 0 Å². The maximum absolute atomic E-state index is 11.8. The highest BCUT2D eigenvalue weighted by Crippen LogP contribution is 2.14. The van der Waals surface area contributed by atoms with Crippen LogP contribution in [0.2, 0.25) is 0 Å². The molecule has 1 aromatic rings. The van der Waals surface area contributed by atoms with Gasteiger partial charge in [-0.25, -0.2) is 0 Å². The Labute approximate surface area is 116 Å². The molecule has 0 aliphatic carbocycles. The van der Waals surface area contributed by atoms with Crippen molar-refractivity contribution < 1.29 is 14.4 Å². The van der Waals surface area contributed by atoms with E-state index in [1.54, 1.807) is 18.3 Å². The Bertz CT molecular complexity index is 518. The molecule has 1 aliphatic rings. The van der Waals surface area contributed by atoms with Gasteiger partial charge in [0.25, 0.3) is 11.8 Å². The number of hydrogen-bond donors (Lipinski definition) is 3. The lowest BCUT2D eigenvalue weighted by atomic mass is 10.0. The smallest absolute Gasteiger partial charge is 0.271 e. The van der Waals surface area contributed by atoms with E-state index in [1.165, 1.54) is 13.1 Å². The SMILES string of the molecule is CC(=O)C1CNC(C(=O)NNC(=O)c2cccnc2)C1. The topological polar surface area (TPSA) is 100 Å². The van der Waals surface area contributed by atoms with E-state index in [9.17, 15) is 14.4 Å². The van der Waals surface area contributed by atoms with Crippen molar-refractivity contribution in [3.63, 3.8) is 0 Å². The molecule has 20 heavy (non-hydrogen) atoms. The third-order valence-electron chi connectivity index (χ3n) is 3.25. The summed E-state index contributed by atoms with van der Waals surface area (Å²) in [6, 6.07) is 2.76. The summed E-state index contributed by atoms with van der Waals surface area (Å²) in [5.41, 5.74) is 5.01. The van der Waals surface area contributed by atoms with Gasteiger partial charge in [-0.3, -0.25) is 30.2 Å². The van der Waals surface area contributed by atoms with Gasteiger partial charge in [-0.1, -0.05) is 0 Å². The summed E-state index contributed by atoms with van der Waals surface area (Å²) < 4.78 is 0. The van der Waals surface area contributed by atoms with Crippen LogP contribution in [0.4, 0.5) is 0 Å². The largest absolute Gasteiger partial charge is 0.305 e. The van der Waals surface area contributed by atoms with Crippen LogP contribution in [0.3, 0.4) is 0 Å². The van der Waals surface area contributed by atoms with Crippen molar-refractivity contribution in [1.82, 2.24) is 21.2 Å². The fraction of sp³-hybridized carbons (Fsp3) is 0.385. The summed E-state index contributed by atoms with van der Waals surface area (Å²) in [6.45, 7) is 2.00. The molecule has 1 fully saturated rings. The van der Waals surface area contributed by atoms with E-state index in [-0.39, 0.29) is 17.6 Å². The van der Waals surface area contributed by atoms with Crippen molar-refractivity contribution in [2.24, 2.45) is 5.92 Å². The second-order valence-electron chi connectivity index (χ2n) is 4.69. The predicted molar refractivity (Wildman–Crippen MR) is 70.4 cm³/mol. The van der Waals surface area contributed by atoms with Crippen LogP contribution in [0.15, 0.2) is 24.5 Å². The number of nitrogens with zero attached hydrogens (tertiary/aromatic N) is 1. The van der Waals surface area contributed by atoms with E-state index < -0.39 is 11.9 Å². The molecule has 2 amide bonds. The number of carbonyl (C=O) groups excluding carboxylic acids is 3. The van der Waals surface area contributed by atoms with Crippen molar-refractivity contribution in [3.8, 4) is 0 Å². The molecular weight excluding hydrogens is 260 g/mol. The van der Waals surface area contributed by atoms with E-state index in [0.717, 1.165) is 0 Å². The van der Waals surface area contributed by atoms with Crippen LogP contribution >= 0.6 is 0 Å². The summed E-state index contributed by atoms with van der Waals surface area (Å²) in [5.74, 6) is -0.870. The number of amides is 2. The molecule has 7 heteroatoms. The minimum absolute atomic E-state index is 0.0622. The molecule has 2 atom stereocenters. The minimum atomic E-state index is -0.460. The molecule has 0 radical (unpaired) electrons. The molecule has 2 rings (SSSR count). The van der Waals surface area contributed by atoms with Crippen molar-refractivity contribution in [1.29, 1.82) is 0 Å². The normalized spacial score (nSPS) is 21.2. The van der Waals surface area contributed by atoms with Crippen LogP contribution in [0.25, 0.3) is 0 Å². The third kappa shape index (κ3) is 3.39. The molecule has 2 heterocycles. The predicted octanol–water partition coefficient (Wildman–Crippen LogP) is -0.590. The summed E-state index contributed by atoms with van der Waals surface area (Å²) in [7, 11) is 0. The highest BCUT2D eigenvalue weighted by molar-refractivity contribution is 5.95. The van der Waals surface area contributed by atoms with Crippen molar-refractivity contribution in [3.05, 3.63) is 30.1 Å². The first-order chi connectivity index (χ1) is 9.58. The number of rotatable bonds is 3. The molecule has 1 saturated heterocycles. The fourth-order valence-electron chi connectivity index (χ4n) is 2.02. The average molecular weight is 276 g/mol. The van der Waals surface area contributed by atoms with Gasteiger partial charge in [0, 0.05) is 24.9 Å². The first-order valence-corrected chi connectivity index (χ1v) is 6.32. The van der Waals surface area contributed by atoms with Gasteiger partial charge < -0.3 is 5.32 Å². The van der Waals surface area contributed by atoms with Crippen LogP contribution in [0.5, 0.6) is 0 Å².